The molecule has 0 aromatic heterocycles. The van der Waals surface area contributed by atoms with Gasteiger partial charge in [-0.1, -0.05) is 35.5 Å². The van der Waals surface area contributed by atoms with E-state index >= 15 is 0 Å². The summed E-state index contributed by atoms with van der Waals surface area (Å²) in [5.74, 6) is -0.340. The van der Waals surface area contributed by atoms with Crippen LogP contribution >= 0.6 is 11.8 Å². The summed E-state index contributed by atoms with van der Waals surface area (Å²) in [6.45, 7) is 1.99. The number of carbonyl (C=O) groups excluding carboxylic acids is 1. The molecule has 2 aromatic rings. The highest BCUT2D eigenvalue weighted by Crippen LogP contribution is 2.38. The molecule has 1 aliphatic rings. The third-order valence-electron chi connectivity index (χ3n) is 3.23. The van der Waals surface area contributed by atoms with E-state index in [1.165, 1.54) is 30.0 Å². The number of hydrogen-bond donors (Lipinski definition) is 0. The van der Waals surface area contributed by atoms with Crippen LogP contribution in [0.25, 0.3) is 5.76 Å². The standard InChI is InChI=1S/C16H11NO4S/c1-10-5-7-11(8-6-10)22-9-14-15-12(16(18)21-14)3-2-4-13(15)17(19)20/h2-9H,1H3/b14-9+. The maximum Gasteiger partial charge on any atom is 0.344 e. The molecular weight excluding hydrogens is 302 g/mol. The second kappa shape index (κ2) is 5.65. The normalized spacial score (nSPS) is 14.8. The van der Waals surface area contributed by atoms with E-state index < -0.39 is 10.9 Å². The molecule has 0 saturated carbocycles. The van der Waals surface area contributed by atoms with Crippen LogP contribution in [0.3, 0.4) is 0 Å². The van der Waals surface area contributed by atoms with Crippen LogP contribution in [-0.2, 0) is 4.74 Å². The fourth-order valence-electron chi connectivity index (χ4n) is 2.15. The van der Waals surface area contributed by atoms with Gasteiger partial charge in [0.15, 0.2) is 5.76 Å². The van der Waals surface area contributed by atoms with E-state index in [0.717, 1.165) is 10.5 Å². The Bertz CT molecular complexity index is 796. The first-order valence-corrected chi connectivity index (χ1v) is 7.37. The molecule has 110 valence electrons. The quantitative estimate of drug-likeness (QED) is 0.368. The minimum Gasteiger partial charge on any atom is -0.421 e. The van der Waals surface area contributed by atoms with Crippen molar-refractivity contribution in [1.29, 1.82) is 0 Å². The van der Waals surface area contributed by atoms with E-state index in [4.69, 9.17) is 4.74 Å². The van der Waals surface area contributed by atoms with Crippen molar-refractivity contribution in [3.63, 3.8) is 0 Å². The van der Waals surface area contributed by atoms with Gasteiger partial charge in [0.25, 0.3) is 5.69 Å². The molecule has 0 saturated heterocycles. The number of carbonyl (C=O) groups is 1. The van der Waals surface area contributed by atoms with E-state index in [2.05, 4.69) is 0 Å². The number of aryl methyl sites for hydroxylation is 1. The zero-order valence-corrected chi connectivity index (χ0v) is 12.4. The number of cyclic esters (lactones) is 1. The van der Waals surface area contributed by atoms with Crippen LogP contribution in [0, 0.1) is 17.0 Å². The molecule has 0 unspecified atom stereocenters. The van der Waals surface area contributed by atoms with Gasteiger partial charge in [-0.05, 0) is 25.1 Å². The molecule has 0 N–H and O–H groups in total. The number of fused-ring (bicyclic) bond motifs is 1. The van der Waals surface area contributed by atoms with Crippen LogP contribution in [0.15, 0.2) is 52.8 Å². The van der Waals surface area contributed by atoms with Crippen LogP contribution in [0.2, 0.25) is 0 Å². The molecule has 0 spiro atoms. The molecule has 0 aliphatic carbocycles. The molecule has 22 heavy (non-hydrogen) atoms. The van der Waals surface area contributed by atoms with Crippen molar-refractivity contribution in [1.82, 2.24) is 0 Å². The van der Waals surface area contributed by atoms with Crippen LogP contribution in [0.4, 0.5) is 5.69 Å². The summed E-state index contributed by atoms with van der Waals surface area (Å²) in [7, 11) is 0. The van der Waals surface area contributed by atoms with Gasteiger partial charge >= 0.3 is 5.97 Å². The van der Waals surface area contributed by atoms with Crippen molar-refractivity contribution in [3.05, 3.63) is 74.7 Å². The lowest BCUT2D eigenvalue weighted by atomic mass is 10.1. The van der Waals surface area contributed by atoms with Crippen LogP contribution in [-0.4, -0.2) is 10.9 Å². The van der Waals surface area contributed by atoms with Crippen LogP contribution in [0.1, 0.15) is 21.5 Å². The number of esters is 1. The fourth-order valence-corrected chi connectivity index (χ4v) is 2.85. The van der Waals surface area contributed by atoms with Crippen molar-refractivity contribution in [2.45, 2.75) is 11.8 Å². The Hall–Kier alpha value is -2.60. The first-order valence-electron chi connectivity index (χ1n) is 6.50. The fraction of sp³-hybridized carbons (Fsp3) is 0.0625. The summed E-state index contributed by atoms with van der Waals surface area (Å²) in [6, 6.07) is 12.2. The van der Waals surface area contributed by atoms with Crippen molar-refractivity contribution in [3.8, 4) is 0 Å². The van der Waals surface area contributed by atoms with E-state index in [1.807, 2.05) is 31.2 Å². The van der Waals surface area contributed by atoms with Gasteiger partial charge in [-0.3, -0.25) is 10.1 Å². The Kier molecular flexibility index (Phi) is 3.68. The summed E-state index contributed by atoms with van der Waals surface area (Å²) in [4.78, 5) is 23.4. The Morgan fingerprint density at radius 3 is 2.59 bits per heavy atom. The number of thioether (sulfide) groups is 1. The van der Waals surface area contributed by atoms with E-state index in [-0.39, 0.29) is 22.6 Å². The number of ether oxygens (including phenoxy) is 1. The molecule has 0 atom stereocenters. The second-order valence-electron chi connectivity index (χ2n) is 4.76. The van der Waals surface area contributed by atoms with E-state index in [9.17, 15) is 14.9 Å². The average Bonchev–Trinajstić information content (AvgIpc) is 2.83. The smallest absolute Gasteiger partial charge is 0.344 e. The summed E-state index contributed by atoms with van der Waals surface area (Å²) < 4.78 is 5.16. The van der Waals surface area contributed by atoms with Gasteiger partial charge in [0, 0.05) is 16.4 Å². The van der Waals surface area contributed by atoms with Gasteiger partial charge in [-0.25, -0.2) is 4.79 Å². The van der Waals surface area contributed by atoms with Crippen molar-refractivity contribution >= 4 is 29.2 Å². The van der Waals surface area contributed by atoms with Gasteiger partial charge in [0.05, 0.1) is 10.5 Å². The largest absolute Gasteiger partial charge is 0.421 e. The lowest BCUT2D eigenvalue weighted by Crippen LogP contribution is -1.95. The molecule has 0 radical (unpaired) electrons. The zero-order chi connectivity index (χ0) is 15.7. The number of nitrogens with zero attached hydrogens (tertiary/aromatic N) is 1. The molecule has 5 nitrogen and oxygen atoms in total. The first kappa shape index (κ1) is 14.3. The maximum atomic E-state index is 11.8. The maximum absolute atomic E-state index is 11.8. The van der Waals surface area contributed by atoms with E-state index in [0.29, 0.717) is 0 Å². The molecule has 0 fully saturated rings. The number of nitro groups is 1. The lowest BCUT2D eigenvalue weighted by Gasteiger charge is -2.01. The Morgan fingerprint density at radius 1 is 1.18 bits per heavy atom. The summed E-state index contributed by atoms with van der Waals surface area (Å²) in [5.41, 5.74) is 1.49. The third-order valence-corrected chi connectivity index (χ3v) is 4.11. The minimum absolute atomic E-state index is 0.126. The molecule has 1 heterocycles. The first-order chi connectivity index (χ1) is 10.6. The predicted molar refractivity (Wildman–Crippen MR) is 83.5 cm³/mol. The van der Waals surface area contributed by atoms with Crippen LogP contribution in [0.5, 0.6) is 0 Å². The second-order valence-corrected chi connectivity index (χ2v) is 5.70. The van der Waals surface area contributed by atoms with Crippen LogP contribution < -0.4 is 0 Å². The predicted octanol–water partition coefficient (Wildman–Crippen LogP) is 4.16. The average molecular weight is 313 g/mol. The molecule has 2 aromatic carbocycles. The Balaban J connectivity index is 1.98. The van der Waals surface area contributed by atoms with Crippen molar-refractivity contribution in [2.24, 2.45) is 0 Å². The third kappa shape index (κ3) is 2.60. The number of rotatable bonds is 3. The van der Waals surface area contributed by atoms with Gasteiger partial charge in [0.2, 0.25) is 0 Å². The van der Waals surface area contributed by atoms with Gasteiger partial charge in [0.1, 0.15) is 5.56 Å². The highest BCUT2D eigenvalue weighted by Gasteiger charge is 2.33. The minimum atomic E-state index is -0.561. The Labute approximate surface area is 130 Å². The number of benzene rings is 2. The zero-order valence-electron chi connectivity index (χ0n) is 11.6. The molecular formula is C16H11NO4S. The summed E-state index contributed by atoms with van der Waals surface area (Å²) in [5, 5.41) is 12.8. The number of hydrogen-bond acceptors (Lipinski definition) is 5. The van der Waals surface area contributed by atoms with Gasteiger partial charge in [-0.2, -0.15) is 0 Å². The van der Waals surface area contributed by atoms with E-state index in [1.54, 1.807) is 5.41 Å². The molecule has 0 amide bonds. The van der Waals surface area contributed by atoms with Gasteiger partial charge < -0.3 is 4.74 Å². The molecule has 6 heteroatoms. The van der Waals surface area contributed by atoms with Crippen molar-refractivity contribution in [2.75, 3.05) is 0 Å². The highest BCUT2D eigenvalue weighted by atomic mass is 32.2. The number of nitro benzene ring substituents is 1. The van der Waals surface area contributed by atoms with Gasteiger partial charge in [-0.15, -0.1) is 0 Å². The SMILES string of the molecule is Cc1ccc(S/C=C2/OC(=O)c3cccc([N+](=O)[O-])c32)cc1. The lowest BCUT2D eigenvalue weighted by molar-refractivity contribution is -0.385. The monoisotopic (exact) mass is 313 g/mol. The topological polar surface area (TPSA) is 69.4 Å². The summed E-state index contributed by atoms with van der Waals surface area (Å²) in [6.07, 6.45) is 0. The van der Waals surface area contributed by atoms with Crippen molar-refractivity contribution < 1.29 is 14.5 Å². The molecule has 1 aliphatic heterocycles. The molecule has 0 bridgehead atoms. The highest BCUT2D eigenvalue weighted by molar-refractivity contribution is 8.02. The summed E-state index contributed by atoms with van der Waals surface area (Å²) >= 11 is 1.35. The Morgan fingerprint density at radius 2 is 1.91 bits per heavy atom. The molecule has 3 rings (SSSR count).